The van der Waals surface area contributed by atoms with Crippen LogP contribution in [0.25, 0.3) is 11.0 Å². The zero-order chi connectivity index (χ0) is 12.8. The lowest BCUT2D eigenvalue weighted by Gasteiger charge is -2.31. The van der Waals surface area contributed by atoms with E-state index in [-0.39, 0.29) is 0 Å². The van der Waals surface area contributed by atoms with Crippen LogP contribution in [0.5, 0.6) is 0 Å². The summed E-state index contributed by atoms with van der Waals surface area (Å²) in [6.07, 6.45) is 4.67. The molecule has 0 unspecified atom stereocenters. The highest BCUT2D eigenvalue weighted by Gasteiger charge is 2.30. The molecular weight excluding hydrogens is 238 g/mol. The van der Waals surface area contributed by atoms with Crippen molar-refractivity contribution in [3.63, 3.8) is 0 Å². The minimum absolute atomic E-state index is 0.719. The van der Waals surface area contributed by atoms with Gasteiger partial charge < -0.3 is 10.2 Å². The van der Waals surface area contributed by atoms with Crippen LogP contribution < -0.4 is 10.2 Å². The number of rotatable bonds is 2. The molecule has 1 aliphatic heterocycles. The quantitative estimate of drug-likeness (QED) is 0.857. The van der Waals surface area contributed by atoms with Crippen molar-refractivity contribution in [3.8, 4) is 0 Å². The Morgan fingerprint density at radius 3 is 2.79 bits per heavy atom. The number of pyridine rings is 1. The van der Waals surface area contributed by atoms with Gasteiger partial charge >= 0.3 is 0 Å². The SMILES string of the molecule is Cc1[nH]nc2ncc(C3CC3)c(N3CCNCC3)c12. The highest BCUT2D eigenvalue weighted by atomic mass is 15.2. The Labute approximate surface area is 112 Å². The van der Waals surface area contributed by atoms with Gasteiger partial charge in [-0.25, -0.2) is 4.98 Å². The van der Waals surface area contributed by atoms with E-state index < -0.39 is 0 Å². The summed E-state index contributed by atoms with van der Waals surface area (Å²) in [5.41, 5.74) is 4.81. The molecule has 0 radical (unpaired) electrons. The molecule has 19 heavy (non-hydrogen) atoms. The highest BCUT2D eigenvalue weighted by molar-refractivity contribution is 5.93. The number of aryl methyl sites for hydroxylation is 1. The summed E-state index contributed by atoms with van der Waals surface area (Å²) in [6.45, 7) is 6.36. The highest BCUT2D eigenvalue weighted by Crippen LogP contribution is 2.46. The maximum atomic E-state index is 4.53. The zero-order valence-corrected chi connectivity index (χ0v) is 11.2. The molecule has 0 spiro atoms. The number of nitrogens with one attached hydrogen (secondary N) is 2. The van der Waals surface area contributed by atoms with Gasteiger partial charge in [0.1, 0.15) is 0 Å². The molecule has 1 saturated heterocycles. The molecule has 0 aromatic carbocycles. The molecule has 1 saturated carbocycles. The van der Waals surface area contributed by atoms with E-state index in [1.807, 2.05) is 0 Å². The Balaban J connectivity index is 1.92. The normalized spacial score (nSPS) is 20.2. The third-order valence-corrected chi connectivity index (χ3v) is 4.21. The lowest BCUT2D eigenvalue weighted by Crippen LogP contribution is -2.44. The minimum atomic E-state index is 0.719. The zero-order valence-electron chi connectivity index (χ0n) is 11.2. The number of nitrogens with zero attached hydrogens (tertiary/aromatic N) is 3. The first-order chi connectivity index (χ1) is 9.34. The predicted molar refractivity (Wildman–Crippen MR) is 75.7 cm³/mol. The molecule has 3 heterocycles. The maximum Gasteiger partial charge on any atom is 0.183 e. The van der Waals surface area contributed by atoms with Crippen LogP contribution in [0.2, 0.25) is 0 Å². The van der Waals surface area contributed by atoms with E-state index in [1.165, 1.54) is 29.5 Å². The van der Waals surface area contributed by atoms with Crippen molar-refractivity contribution in [1.29, 1.82) is 0 Å². The van der Waals surface area contributed by atoms with Gasteiger partial charge in [0.15, 0.2) is 5.65 Å². The van der Waals surface area contributed by atoms with Crippen molar-refractivity contribution >= 4 is 16.7 Å². The van der Waals surface area contributed by atoms with Crippen molar-refractivity contribution in [2.45, 2.75) is 25.7 Å². The summed E-state index contributed by atoms with van der Waals surface area (Å²) in [5, 5.41) is 12.1. The Morgan fingerprint density at radius 1 is 1.26 bits per heavy atom. The number of hydrogen-bond donors (Lipinski definition) is 2. The second-order valence-corrected chi connectivity index (χ2v) is 5.62. The molecule has 5 heteroatoms. The molecule has 2 fully saturated rings. The fraction of sp³-hybridized carbons (Fsp3) is 0.571. The van der Waals surface area contributed by atoms with E-state index in [0.29, 0.717) is 0 Å². The van der Waals surface area contributed by atoms with E-state index in [4.69, 9.17) is 0 Å². The van der Waals surface area contributed by atoms with E-state index in [9.17, 15) is 0 Å². The summed E-state index contributed by atoms with van der Waals surface area (Å²) in [4.78, 5) is 7.04. The van der Waals surface area contributed by atoms with Crippen LogP contribution in [0.1, 0.15) is 30.0 Å². The van der Waals surface area contributed by atoms with Crippen molar-refractivity contribution in [2.75, 3.05) is 31.1 Å². The first kappa shape index (κ1) is 11.2. The molecule has 2 N–H and O–H groups in total. The molecular formula is C14H19N5. The Hall–Kier alpha value is -1.62. The first-order valence-electron chi connectivity index (χ1n) is 7.14. The lowest BCUT2D eigenvalue weighted by atomic mass is 10.1. The van der Waals surface area contributed by atoms with Gasteiger partial charge in [-0.05, 0) is 31.2 Å². The van der Waals surface area contributed by atoms with Crippen LogP contribution in [-0.4, -0.2) is 41.4 Å². The second-order valence-electron chi connectivity index (χ2n) is 5.62. The van der Waals surface area contributed by atoms with Crippen molar-refractivity contribution in [3.05, 3.63) is 17.5 Å². The Morgan fingerprint density at radius 2 is 2.05 bits per heavy atom. The number of fused-ring (bicyclic) bond motifs is 1. The third kappa shape index (κ3) is 1.80. The van der Waals surface area contributed by atoms with Gasteiger partial charge in [0.25, 0.3) is 0 Å². The fourth-order valence-corrected chi connectivity index (χ4v) is 3.05. The fourth-order valence-electron chi connectivity index (χ4n) is 3.05. The van der Waals surface area contributed by atoms with Crippen LogP contribution in [-0.2, 0) is 0 Å². The number of H-pyrrole nitrogens is 1. The van der Waals surface area contributed by atoms with E-state index in [2.05, 4.69) is 38.5 Å². The molecule has 2 aliphatic rings. The van der Waals surface area contributed by atoms with Crippen molar-refractivity contribution in [2.24, 2.45) is 0 Å². The van der Waals surface area contributed by atoms with Crippen LogP contribution in [0.4, 0.5) is 5.69 Å². The third-order valence-electron chi connectivity index (χ3n) is 4.21. The maximum absolute atomic E-state index is 4.53. The molecule has 2 aromatic rings. The summed E-state index contributed by atoms with van der Waals surface area (Å²) < 4.78 is 0. The second kappa shape index (κ2) is 4.20. The monoisotopic (exact) mass is 257 g/mol. The Bertz CT molecular complexity index is 608. The standard InChI is InChI=1S/C14H19N5/c1-9-12-13(19-6-4-15-5-7-19)11(10-2-3-10)8-16-14(12)18-17-9/h8,10,15H,2-7H2,1H3,(H,16,17,18). The number of piperazine rings is 1. The van der Waals surface area contributed by atoms with Crippen LogP contribution in [0, 0.1) is 6.92 Å². The van der Waals surface area contributed by atoms with Gasteiger partial charge in [0.05, 0.1) is 11.1 Å². The molecule has 0 atom stereocenters. The Kier molecular flexibility index (Phi) is 2.48. The van der Waals surface area contributed by atoms with Gasteiger partial charge in [-0.2, -0.15) is 5.10 Å². The summed E-state index contributed by atoms with van der Waals surface area (Å²) in [6, 6.07) is 0. The smallest absolute Gasteiger partial charge is 0.183 e. The molecule has 0 bridgehead atoms. The van der Waals surface area contributed by atoms with E-state index in [0.717, 1.165) is 43.4 Å². The topological polar surface area (TPSA) is 56.8 Å². The minimum Gasteiger partial charge on any atom is -0.368 e. The average Bonchev–Trinajstić information content (AvgIpc) is 3.23. The largest absolute Gasteiger partial charge is 0.368 e. The van der Waals surface area contributed by atoms with E-state index in [1.54, 1.807) is 0 Å². The molecule has 0 amide bonds. The van der Waals surface area contributed by atoms with Crippen molar-refractivity contribution < 1.29 is 0 Å². The van der Waals surface area contributed by atoms with Gasteiger partial charge in [-0.15, -0.1) is 0 Å². The van der Waals surface area contributed by atoms with Crippen LogP contribution in [0.15, 0.2) is 6.20 Å². The number of hydrogen-bond acceptors (Lipinski definition) is 4. The summed E-state index contributed by atoms with van der Waals surface area (Å²) >= 11 is 0. The van der Waals surface area contributed by atoms with Crippen molar-refractivity contribution in [1.82, 2.24) is 20.5 Å². The number of aromatic nitrogens is 3. The summed E-state index contributed by atoms with van der Waals surface area (Å²) in [5.74, 6) is 0.719. The van der Waals surface area contributed by atoms with Gasteiger partial charge in [-0.3, -0.25) is 5.10 Å². The van der Waals surface area contributed by atoms with Crippen LogP contribution in [0.3, 0.4) is 0 Å². The van der Waals surface area contributed by atoms with Gasteiger partial charge in [0, 0.05) is 38.1 Å². The summed E-state index contributed by atoms with van der Waals surface area (Å²) in [7, 11) is 0. The van der Waals surface area contributed by atoms with E-state index >= 15 is 0 Å². The molecule has 4 rings (SSSR count). The predicted octanol–water partition coefficient (Wildman–Crippen LogP) is 1.55. The molecule has 2 aromatic heterocycles. The lowest BCUT2D eigenvalue weighted by molar-refractivity contribution is 0.589. The van der Waals surface area contributed by atoms with Gasteiger partial charge in [0.2, 0.25) is 0 Å². The molecule has 100 valence electrons. The number of anilines is 1. The molecule has 1 aliphatic carbocycles. The van der Waals surface area contributed by atoms with Crippen LogP contribution >= 0.6 is 0 Å². The first-order valence-corrected chi connectivity index (χ1v) is 7.14. The average molecular weight is 257 g/mol. The van der Waals surface area contributed by atoms with Gasteiger partial charge in [-0.1, -0.05) is 0 Å². The molecule has 5 nitrogen and oxygen atoms in total. The number of aromatic amines is 1.